The maximum absolute atomic E-state index is 12.4. The molecule has 1 saturated carbocycles. The van der Waals surface area contributed by atoms with Crippen LogP contribution in [0.2, 0.25) is 0 Å². The number of ether oxygens (including phenoxy) is 1. The van der Waals surface area contributed by atoms with Gasteiger partial charge >= 0.3 is 0 Å². The van der Waals surface area contributed by atoms with Crippen molar-refractivity contribution in [1.29, 1.82) is 0 Å². The van der Waals surface area contributed by atoms with E-state index in [-0.39, 0.29) is 5.91 Å². The summed E-state index contributed by atoms with van der Waals surface area (Å²) >= 11 is 3.55. The summed E-state index contributed by atoms with van der Waals surface area (Å²) in [6.07, 6.45) is 8.27. The Labute approximate surface area is 152 Å². The van der Waals surface area contributed by atoms with E-state index in [2.05, 4.69) is 26.6 Å². The van der Waals surface area contributed by atoms with Crippen LogP contribution in [0, 0.1) is 5.92 Å². The van der Waals surface area contributed by atoms with E-state index in [0.717, 1.165) is 42.8 Å². The third-order valence-corrected chi connectivity index (χ3v) is 5.69. The average molecular weight is 395 g/mol. The zero-order valence-corrected chi connectivity index (χ0v) is 15.7. The summed E-state index contributed by atoms with van der Waals surface area (Å²) < 4.78 is 6.81. The summed E-state index contributed by atoms with van der Waals surface area (Å²) in [5, 5.41) is 6.53. The van der Waals surface area contributed by atoms with Gasteiger partial charge in [-0.1, -0.05) is 19.3 Å². The number of carbonyl (C=O) groups excluding carboxylic acids is 1. The molecule has 0 aromatic heterocycles. The quantitative estimate of drug-likeness (QED) is 0.796. The van der Waals surface area contributed by atoms with Crippen LogP contribution in [0.5, 0.6) is 5.75 Å². The Morgan fingerprint density at radius 2 is 1.92 bits per heavy atom. The van der Waals surface area contributed by atoms with Crippen molar-refractivity contribution in [3.05, 3.63) is 28.2 Å². The molecule has 2 fully saturated rings. The van der Waals surface area contributed by atoms with E-state index in [4.69, 9.17) is 4.74 Å². The average Bonchev–Trinajstić information content (AvgIpc) is 2.62. The number of benzene rings is 1. The number of rotatable bonds is 5. The van der Waals surface area contributed by atoms with Crippen LogP contribution < -0.4 is 15.4 Å². The molecule has 1 amide bonds. The van der Waals surface area contributed by atoms with Gasteiger partial charge in [0.05, 0.1) is 11.1 Å². The van der Waals surface area contributed by atoms with Crippen LogP contribution in [0.4, 0.5) is 0 Å². The molecule has 4 nitrogen and oxygen atoms in total. The SMILES string of the molecule is O=C(NC1CCCCC1)c1ccc(OCC2CCNCC2)c(Br)c1. The van der Waals surface area contributed by atoms with Gasteiger partial charge in [-0.2, -0.15) is 0 Å². The number of halogens is 1. The summed E-state index contributed by atoms with van der Waals surface area (Å²) in [6, 6.07) is 5.97. The van der Waals surface area contributed by atoms with E-state index in [1.807, 2.05) is 18.2 Å². The molecule has 3 rings (SSSR count). The van der Waals surface area contributed by atoms with E-state index in [1.54, 1.807) is 0 Å². The smallest absolute Gasteiger partial charge is 0.251 e. The Morgan fingerprint density at radius 3 is 2.62 bits per heavy atom. The fourth-order valence-electron chi connectivity index (χ4n) is 3.53. The molecule has 0 atom stereocenters. The second-order valence-electron chi connectivity index (χ2n) is 6.96. The topological polar surface area (TPSA) is 50.4 Å². The molecule has 1 aliphatic carbocycles. The molecule has 1 aromatic rings. The molecule has 1 saturated heterocycles. The first kappa shape index (κ1) is 17.7. The lowest BCUT2D eigenvalue weighted by atomic mass is 9.95. The molecule has 1 aliphatic heterocycles. The number of nitrogens with one attached hydrogen (secondary N) is 2. The van der Waals surface area contributed by atoms with Crippen molar-refractivity contribution in [2.45, 2.75) is 51.0 Å². The van der Waals surface area contributed by atoms with E-state index in [1.165, 1.54) is 32.1 Å². The van der Waals surface area contributed by atoms with Crippen LogP contribution in [-0.4, -0.2) is 31.6 Å². The molecular formula is C19H27BrN2O2. The number of piperidine rings is 1. The highest BCUT2D eigenvalue weighted by atomic mass is 79.9. The number of amides is 1. The lowest BCUT2D eigenvalue weighted by molar-refractivity contribution is 0.0927. The van der Waals surface area contributed by atoms with Gasteiger partial charge in [0, 0.05) is 11.6 Å². The van der Waals surface area contributed by atoms with Gasteiger partial charge in [0.15, 0.2) is 0 Å². The monoisotopic (exact) mass is 394 g/mol. The van der Waals surface area contributed by atoms with Gasteiger partial charge in [-0.25, -0.2) is 0 Å². The van der Waals surface area contributed by atoms with Gasteiger partial charge in [0.2, 0.25) is 0 Å². The van der Waals surface area contributed by atoms with Crippen LogP contribution in [0.15, 0.2) is 22.7 Å². The first-order valence-electron chi connectivity index (χ1n) is 9.16. The lowest BCUT2D eigenvalue weighted by Gasteiger charge is -2.23. The molecule has 0 bridgehead atoms. The third kappa shape index (κ3) is 4.96. The normalized spacial score (nSPS) is 19.9. The van der Waals surface area contributed by atoms with Crippen LogP contribution in [0.1, 0.15) is 55.3 Å². The molecule has 0 radical (unpaired) electrons. The van der Waals surface area contributed by atoms with E-state index < -0.39 is 0 Å². The molecule has 5 heteroatoms. The lowest BCUT2D eigenvalue weighted by Crippen LogP contribution is -2.36. The van der Waals surface area contributed by atoms with E-state index in [0.29, 0.717) is 17.5 Å². The molecule has 24 heavy (non-hydrogen) atoms. The predicted molar refractivity (Wildman–Crippen MR) is 99.6 cm³/mol. The zero-order chi connectivity index (χ0) is 16.8. The largest absolute Gasteiger partial charge is 0.492 e. The van der Waals surface area contributed by atoms with Gasteiger partial charge in [-0.05, 0) is 78.8 Å². The van der Waals surface area contributed by atoms with E-state index in [9.17, 15) is 4.79 Å². The first-order chi connectivity index (χ1) is 11.7. The van der Waals surface area contributed by atoms with Crippen molar-refractivity contribution in [3.8, 4) is 5.75 Å². The van der Waals surface area contributed by atoms with Crippen LogP contribution in [-0.2, 0) is 0 Å². The van der Waals surface area contributed by atoms with Gasteiger partial charge in [0.25, 0.3) is 5.91 Å². The molecule has 0 unspecified atom stereocenters. The second kappa shape index (κ2) is 8.86. The zero-order valence-electron chi connectivity index (χ0n) is 14.2. The Kier molecular flexibility index (Phi) is 6.55. The maximum atomic E-state index is 12.4. The molecule has 1 aromatic carbocycles. The van der Waals surface area contributed by atoms with Crippen molar-refractivity contribution in [1.82, 2.24) is 10.6 Å². The highest BCUT2D eigenvalue weighted by Crippen LogP contribution is 2.27. The van der Waals surface area contributed by atoms with Crippen molar-refractivity contribution in [2.24, 2.45) is 5.92 Å². The summed E-state index contributed by atoms with van der Waals surface area (Å²) in [6.45, 7) is 2.90. The van der Waals surface area contributed by atoms with Crippen LogP contribution in [0.3, 0.4) is 0 Å². The Morgan fingerprint density at radius 1 is 1.17 bits per heavy atom. The number of hydrogen-bond acceptors (Lipinski definition) is 3. The van der Waals surface area contributed by atoms with Crippen LogP contribution >= 0.6 is 15.9 Å². The molecule has 1 heterocycles. The van der Waals surface area contributed by atoms with E-state index >= 15 is 0 Å². The molecule has 132 valence electrons. The third-order valence-electron chi connectivity index (χ3n) is 5.07. The molecular weight excluding hydrogens is 368 g/mol. The van der Waals surface area contributed by atoms with Crippen molar-refractivity contribution >= 4 is 21.8 Å². The first-order valence-corrected chi connectivity index (χ1v) is 9.95. The summed E-state index contributed by atoms with van der Waals surface area (Å²) in [4.78, 5) is 12.4. The van der Waals surface area contributed by atoms with Gasteiger partial charge in [-0.15, -0.1) is 0 Å². The van der Waals surface area contributed by atoms with Gasteiger partial charge < -0.3 is 15.4 Å². The summed E-state index contributed by atoms with van der Waals surface area (Å²) in [5.41, 5.74) is 0.696. The van der Waals surface area contributed by atoms with Crippen molar-refractivity contribution in [2.75, 3.05) is 19.7 Å². The molecule has 0 spiro atoms. The fourth-order valence-corrected chi connectivity index (χ4v) is 4.02. The Bertz CT molecular complexity index is 552. The summed E-state index contributed by atoms with van der Waals surface area (Å²) in [7, 11) is 0. The highest BCUT2D eigenvalue weighted by molar-refractivity contribution is 9.10. The van der Waals surface area contributed by atoms with Crippen LogP contribution in [0.25, 0.3) is 0 Å². The summed E-state index contributed by atoms with van der Waals surface area (Å²) in [5.74, 6) is 1.46. The number of hydrogen-bond donors (Lipinski definition) is 2. The second-order valence-corrected chi connectivity index (χ2v) is 7.81. The highest BCUT2D eigenvalue weighted by Gasteiger charge is 2.18. The Hall–Kier alpha value is -1.07. The minimum atomic E-state index is 0.0208. The van der Waals surface area contributed by atoms with Crippen molar-refractivity contribution in [3.63, 3.8) is 0 Å². The number of carbonyl (C=O) groups is 1. The van der Waals surface area contributed by atoms with Gasteiger partial charge in [-0.3, -0.25) is 4.79 Å². The van der Waals surface area contributed by atoms with Gasteiger partial charge in [0.1, 0.15) is 5.75 Å². The predicted octanol–water partition coefficient (Wildman–Crippen LogP) is 3.89. The maximum Gasteiger partial charge on any atom is 0.251 e. The molecule has 2 N–H and O–H groups in total. The minimum absolute atomic E-state index is 0.0208. The fraction of sp³-hybridized carbons (Fsp3) is 0.632. The standard InChI is InChI=1S/C19H27BrN2O2/c20-17-12-15(19(23)22-16-4-2-1-3-5-16)6-7-18(17)24-13-14-8-10-21-11-9-14/h6-7,12,14,16,21H,1-5,8-11,13H2,(H,22,23). The minimum Gasteiger partial charge on any atom is -0.492 e. The molecule has 2 aliphatic rings. The Balaban J connectivity index is 1.54. The van der Waals surface area contributed by atoms with Crippen molar-refractivity contribution < 1.29 is 9.53 Å².